The molecule has 2 amide bonds. The van der Waals surface area contributed by atoms with Crippen LogP contribution in [0.2, 0.25) is 5.02 Å². The summed E-state index contributed by atoms with van der Waals surface area (Å²) in [4.78, 5) is 33.0. The van der Waals surface area contributed by atoms with Gasteiger partial charge in [-0.25, -0.2) is 9.37 Å². The Hall–Kier alpha value is -2.55. The fourth-order valence-corrected chi connectivity index (χ4v) is 5.92. The number of carbonyl (C=O) groups is 2. The van der Waals surface area contributed by atoms with Crippen molar-refractivity contribution in [3.8, 4) is 0 Å². The van der Waals surface area contributed by atoms with Gasteiger partial charge in [-0.1, -0.05) is 35.9 Å². The lowest BCUT2D eigenvalue weighted by Crippen LogP contribution is -2.35. The Bertz CT molecular complexity index is 1110. The van der Waals surface area contributed by atoms with E-state index in [9.17, 15) is 14.0 Å². The lowest BCUT2D eigenvalue weighted by molar-refractivity contribution is -0.123. The number of amides is 2. The number of likely N-dealkylation sites (tertiary alicyclic amines) is 1. The maximum Gasteiger partial charge on any atom is 0.250 e. The Morgan fingerprint density at radius 3 is 2.97 bits per heavy atom. The van der Waals surface area contributed by atoms with Crippen LogP contribution in [0.15, 0.2) is 42.5 Å². The van der Waals surface area contributed by atoms with Crippen molar-refractivity contribution < 1.29 is 14.0 Å². The number of rotatable bonds is 8. The summed E-state index contributed by atoms with van der Waals surface area (Å²) < 4.78 is 14.1. The minimum Gasteiger partial charge on any atom is -0.355 e. The van der Waals surface area contributed by atoms with E-state index in [1.54, 1.807) is 24.3 Å². The number of thiazole rings is 1. The molecule has 2 N–H and O–H groups in total. The Morgan fingerprint density at radius 1 is 1.31 bits per heavy atom. The number of benzene rings is 1. The number of anilines is 1. The van der Waals surface area contributed by atoms with E-state index in [1.165, 1.54) is 23.5 Å². The smallest absolute Gasteiger partial charge is 0.250 e. The maximum atomic E-state index is 14.1. The molecule has 9 heteroatoms. The first kappa shape index (κ1) is 25.5. The third-order valence-corrected chi connectivity index (χ3v) is 7.83. The number of nitrogens with zero attached hydrogens (tertiary/aromatic N) is 2. The van der Waals surface area contributed by atoms with Crippen molar-refractivity contribution in [2.75, 3.05) is 25.0 Å². The Kier molecular flexibility index (Phi) is 8.70. The highest BCUT2D eigenvalue weighted by molar-refractivity contribution is 7.15. The summed E-state index contributed by atoms with van der Waals surface area (Å²) in [7, 11) is 0. The summed E-state index contributed by atoms with van der Waals surface area (Å²) in [6, 6.07) is 4.76. The van der Waals surface area contributed by atoms with Crippen molar-refractivity contribution in [2.24, 2.45) is 5.92 Å². The third kappa shape index (κ3) is 6.57. The zero-order chi connectivity index (χ0) is 24.8. The van der Waals surface area contributed by atoms with E-state index in [4.69, 9.17) is 11.6 Å². The molecule has 1 aromatic heterocycles. The van der Waals surface area contributed by atoms with E-state index < -0.39 is 0 Å². The number of hydrogen-bond donors (Lipinski definition) is 2. The van der Waals surface area contributed by atoms with Crippen LogP contribution < -0.4 is 10.6 Å². The Balaban J connectivity index is 1.30. The van der Waals surface area contributed by atoms with Gasteiger partial charge >= 0.3 is 0 Å². The molecule has 1 aromatic carbocycles. The Morgan fingerprint density at radius 2 is 2.17 bits per heavy atom. The number of aryl methyl sites for hydroxylation is 1. The van der Waals surface area contributed by atoms with Gasteiger partial charge < -0.3 is 5.32 Å². The van der Waals surface area contributed by atoms with Gasteiger partial charge in [-0.3, -0.25) is 19.8 Å². The average Bonchev–Trinajstić information content (AvgIpc) is 3.46. The van der Waals surface area contributed by atoms with Crippen LogP contribution in [0.25, 0.3) is 0 Å². The van der Waals surface area contributed by atoms with Gasteiger partial charge in [-0.05, 0) is 57.2 Å². The zero-order valence-corrected chi connectivity index (χ0v) is 21.3. The van der Waals surface area contributed by atoms with Crippen molar-refractivity contribution in [1.82, 2.24) is 15.2 Å². The molecular weight excluding hydrogens is 487 g/mol. The van der Waals surface area contributed by atoms with E-state index in [2.05, 4.69) is 20.5 Å². The fourth-order valence-electron chi connectivity index (χ4n) is 4.63. The summed E-state index contributed by atoms with van der Waals surface area (Å²) in [5.41, 5.74) is 1.31. The van der Waals surface area contributed by atoms with E-state index in [0.717, 1.165) is 49.3 Å². The summed E-state index contributed by atoms with van der Waals surface area (Å²) in [5.74, 6) is -0.527. The second-order valence-electron chi connectivity index (χ2n) is 8.98. The minimum atomic E-state index is -0.297. The van der Waals surface area contributed by atoms with E-state index in [-0.39, 0.29) is 23.5 Å². The van der Waals surface area contributed by atoms with Gasteiger partial charge in [-0.15, -0.1) is 11.3 Å². The van der Waals surface area contributed by atoms with Crippen LogP contribution >= 0.6 is 22.9 Å². The predicted octanol–water partition coefficient (Wildman–Crippen LogP) is 5.06. The van der Waals surface area contributed by atoms with E-state index >= 15 is 0 Å². The minimum absolute atomic E-state index is 0.0160. The molecule has 1 saturated heterocycles. The topological polar surface area (TPSA) is 74.3 Å². The third-order valence-electron chi connectivity index (χ3n) is 6.43. The first-order valence-electron chi connectivity index (χ1n) is 12.0. The van der Waals surface area contributed by atoms with Crippen molar-refractivity contribution in [3.63, 3.8) is 0 Å². The first-order valence-corrected chi connectivity index (χ1v) is 13.2. The molecule has 4 rings (SSSR count). The van der Waals surface area contributed by atoms with Crippen LogP contribution in [0.5, 0.6) is 0 Å². The second kappa shape index (κ2) is 11.9. The molecule has 2 heterocycles. The van der Waals surface area contributed by atoms with Gasteiger partial charge in [0.25, 0.3) is 0 Å². The number of fused-ring (bicyclic) bond motifs is 1. The number of carbonyl (C=O) groups excluding carboxylic acids is 2. The number of halogens is 2. The molecule has 0 spiro atoms. The predicted molar refractivity (Wildman–Crippen MR) is 138 cm³/mol. The highest BCUT2D eigenvalue weighted by Gasteiger charge is 2.31. The summed E-state index contributed by atoms with van der Waals surface area (Å²) in [5, 5.41) is 6.90. The molecule has 186 valence electrons. The summed E-state index contributed by atoms with van der Waals surface area (Å²) >= 11 is 7.62. The largest absolute Gasteiger partial charge is 0.355 e. The van der Waals surface area contributed by atoms with Crippen LogP contribution in [0, 0.1) is 11.7 Å². The van der Waals surface area contributed by atoms with Crippen molar-refractivity contribution in [2.45, 2.75) is 45.1 Å². The molecule has 6 nitrogen and oxygen atoms in total. The molecule has 1 aliphatic heterocycles. The van der Waals surface area contributed by atoms with Gasteiger partial charge in [0, 0.05) is 41.2 Å². The van der Waals surface area contributed by atoms with Crippen molar-refractivity contribution >= 4 is 39.9 Å². The quantitative estimate of drug-likeness (QED) is 0.380. The number of hydrogen-bond acceptors (Lipinski definition) is 5. The summed E-state index contributed by atoms with van der Waals surface area (Å²) in [6.45, 7) is 4.56. The molecule has 0 bridgehead atoms. The molecule has 2 aliphatic rings. The maximum absolute atomic E-state index is 14.1. The van der Waals surface area contributed by atoms with Crippen LogP contribution in [-0.4, -0.2) is 41.3 Å². The monoisotopic (exact) mass is 516 g/mol. The summed E-state index contributed by atoms with van der Waals surface area (Å²) in [6.07, 6.45) is 10.2. The van der Waals surface area contributed by atoms with Gasteiger partial charge in [-0.2, -0.15) is 0 Å². The highest BCUT2D eigenvalue weighted by atomic mass is 35.5. The number of nitrogens with one attached hydrogen (secondary N) is 2. The first-order chi connectivity index (χ1) is 16.9. The molecule has 35 heavy (non-hydrogen) atoms. The van der Waals surface area contributed by atoms with Crippen LogP contribution in [0.4, 0.5) is 9.52 Å². The molecule has 2 aromatic rings. The Labute approximate surface area is 214 Å². The van der Waals surface area contributed by atoms with E-state index in [0.29, 0.717) is 34.7 Å². The van der Waals surface area contributed by atoms with Crippen molar-refractivity contribution in [3.05, 3.63) is 69.5 Å². The van der Waals surface area contributed by atoms with Gasteiger partial charge in [0.2, 0.25) is 11.8 Å². The average molecular weight is 517 g/mol. The fraction of sp³-hybridized carbons (Fsp3) is 0.423. The van der Waals surface area contributed by atoms with Crippen LogP contribution in [0.1, 0.15) is 48.2 Å². The second-order valence-corrected chi connectivity index (χ2v) is 10.5. The zero-order valence-electron chi connectivity index (χ0n) is 19.7. The van der Waals surface area contributed by atoms with Gasteiger partial charge in [0.15, 0.2) is 5.13 Å². The van der Waals surface area contributed by atoms with Gasteiger partial charge in [0.05, 0.1) is 11.6 Å². The molecule has 2 atom stereocenters. The SMILES string of the molecule is CC=CC=CC(=O)Nc1nc2c(s1)CCCC2C(=O)NCC1CCN(Cc2c(F)cccc2Cl)C1. The molecule has 0 radical (unpaired) electrons. The van der Waals surface area contributed by atoms with Crippen molar-refractivity contribution in [1.29, 1.82) is 0 Å². The number of aromatic nitrogens is 1. The van der Waals surface area contributed by atoms with E-state index in [1.807, 2.05) is 13.0 Å². The van der Waals surface area contributed by atoms with Crippen LogP contribution in [0.3, 0.4) is 0 Å². The lowest BCUT2D eigenvalue weighted by Gasteiger charge is -2.22. The lowest BCUT2D eigenvalue weighted by atomic mass is 9.90. The van der Waals surface area contributed by atoms with Crippen LogP contribution in [-0.2, 0) is 22.6 Å². The number of allylic oxidation sites excluding steroid dienone is 3. The molecule has 1 aliphatic carbocycles. The molecule has 0 saturated carbocycles. The normalized spacial score (nSPS) is 20.4. The molecule has 1 fully saturated rings. The molecule has 2 unspecified atom stereocenters. The molecular formula is C26H30ClFN4O2S. The highest BCUT2D eigenvalue weighted by Crippen LogP contribution is 2.37. The standard InChI is InChI=1S/C26H30ClFN4O2S/c1-2-3-4-11-23(33)30-26-31-24-18(7-5-10-22(24)35-26)25(34)29-14-17-12-13-32(15-17)16-19-20(27)8-6-9-21(19)28/h2-4,6,8-9,11,17-18H,5,7,10,12-16H2,1H3,(H,29,34)(H,30,31,33). The van der Waals surface area contributed by atoms with Gasteiger partial charge in [0.1, 0.15) is 5.82 Å².